The first-order valence-corrected chi connectivity index (χ1v) is 8.54. The van der Waals surface area contributed by atoms with Crippen LogP contribution < -0.4 is 10.6 Å². The Kier molecular flexibility index (Phi) is 3.82. The second-order valence-corrected chi connectivity index (χ2v) is 7.37. The van der Waals surface area contributed by atoms with Gasteiger partial charge in [-0.1, -0.05) is 0 Å². The average Bonchev–Trinajstić information content (AvgIpc) is 3.04. The molecule has 0 aromatic carbocycles. The second kappa shape index (κ2) is 5.61. The number of thiophene rings is 2. The summed E-state index contributed by atoms with van der Waals surface area (Å²) in [6.45, 7) is 6.49. The molecule has 0 radical (unpaired) electrons. The Balaban J connectivity index is 1.97. The van der Waals surface area contributed by atoms with Crippen molar-refractivity contribution in [3.8, 4) is 0 Å². The fourth-order valence-corrected chi connectivity index (χ4v) is 4.23. The number of nitrogens with zero attached hydrogens (tertiary/aromatic N) is 2. The molecule has 0 aliphatic heterocycles. The highest BCUT2D eigenvalue weighted by atomic mass is 32.1. The van der Waals surface area contributed by atoms with Crippen LogP contribution in [0.4, 0.5) is 11.8 Å². The van der Waals surface area contributed by atoms with Crippen LogP contribution >= 0.6 is 22.7 Å². The highest BCUT2D eigenvalue weighted by Crippen LogP contribution is 2.32. The Morgan fingerprint density at radius 1 is 1.24 bits per heavy atom. The zero-order valence-corrected chi connectivity index (χ0v) is 14.2. The highest BCUT2D eigenvalue weighted by Gasteiger charge is 2.15. The average molecular weight is 318 g/mol. The topological polar surface area (TPSA) is 49.8 Å². The largest absolute Gasteiger partial charge is 0.363 e. The molecule has 1 unspecified atom stereocenters. The number of aromatic nitrogens is 2. The lowest BCUT2D eigenvalue weighted by Gasteiger charge is -2.16. The van der Waals surface area contributed by atoms with Crippen molar-refractivity contribution in [2.24, 2.45) is 0 Å². The monoisotopic (exact) mass is 318 g/mol. The van der Waals surface area contributed by atoms with Gasteiger partial charge in [0.25, 0.3) is 0 Å². The molecule has 0 fully saturated rings. The molecule has 0 saturated carbocycles. The van der Waals surface area contributed by atoms with E-state index < -0.39 is 0 Å². The Morgan fingerprint density at radius 3 is 2.71 bits per heavy atom. The first-order chi connectivity index (χ1) is 10.1. The first-order valence-electron chi connectivity index (χ1n) is 6.85. The van der Waals surface area contributed by atoms with Crippen LogP contribution in [-0.4, -0.2) is 17.0 Å². The van der Waals surface area contributed by atoms with E-state index in [1.54, 1.807) is 11.3 Å². The Morgan fingerprint density at radius 2 is 2.05 bits per heavy atom. The molecule has 0 aliphatic carbocycles. The fraction of sp³-hybridized carbons (Fsp3) is 0.333. The van der Waals surface area contributed by atoms with Gasteiger partial charge in [0.1, 0.15) is 10.6 Å². The normalized spacial score (nSPS) is 12.6. The summed E-state index contributed by atoms with van der Waals surface area (Å²) in [7, 11) is 1.84. The smallest absolute Gasteiger partial charge is 0.225 e. The molecular weight excluding hydrogens is 300 g/mol. The van der Waals surface area contributed by atoms with E-state index in [1.807, 2.05) is 18.4 Å². The third-order valence-corrected chi connectivity index (χ3v) is 5.24. The van der Waals surface area contributed by atoms with Crippen molar-refractivity contribution in [2.75, 3.05) is 17.7 Å². The lowest BCUT2D eigenvalue weighted by molar-refractivity contribution is 0.873. The number of rotatable bonds is 4. The van der Waals surface area contributed by atoms with Gasteiger partial charge in [0.15, 0.2) is 0 Å². The zero-order valence-electron chi connectivity index (χ0n) is 12.5. The van der Waals surface area contributed by atoms with Gasteiger partial charge >= 0.3 is 0 Å². The SMILES string of the molecule is CNc1nc(NC(C)c2cc(C)sc2C)c2ccsc2n1. The van der Waals surface area contributed by atoms with Gasteiger partial charge in [0.2, 0.25) is 5.95 Å². The minimum atomic E-state index is 0.220. The quantitative estimate of drug-likeness (QED) is 0.739. The van der Waals surface area contributed by atoms with E-state index in [-0.39, 0.29) is 6.04 Å². The Bertz CT molecular complexity index is 775. The molecule has 6 heteroatoms. The fourth-order valence-electron chi connectivity index (χ4n) is 2.44. The summed E-state index contributed by atoms with van der Waals surface area (Å²) in [5, 5.41) is 9.69. The summed E-state index contributed by atoms with van der Waals surface area (Å²) in [4.78, 5) is 12.7. The van der Waals surface area contributed by atoms with Gasteiger partial charge in [-0.05, 0) is 43.8 Å². The minimum absolute atomic E-state index is 0.220. The summed E-state index contributed by atoms with van der Waals surface area (Å²) in [6, 6.07) is 4.54. The van der Waals surface area contributed by atoms with Crippen molar-refractivity contribution >= 4 is 44.7 Å². The van der Waals surface area contributed by atoms with Crippen molar-refractivity contribution in [1.29, 1.82) is 0 Å². The third kappa shape index (κ3) is 2.73. The molecule has 0 bridgehead atoms. The molecule has 0 saturated heterocycles. The van der Waals surface area contributed by atoms with E-state index in [9.17, 15) is 0 Å². The number of hydrogen-bond donors (Lipinski definition) is 2. The number of hydrogen-bond acceptors (Lipinski definition) is 6. The standard InChI is InChI=1S/C15H18N4S2/c1-8-7-12(10(3)21-8)9(2)17-13-11-5-6-20-14(11)19-15(16-4)18-13/h5-7,9H,1-4H3,(H2,16,17,18,19). The van der Waals surface area contributed by atoms with Crippen molar-refractivity contribution in [3.05, 3.63) is 32.8 Å². The number of fused-ring (bicyclic) bond motifs is 1. The summed E-state index contributed by atoms with van der Waals surface area (Å²) in [5.74, 6) is 1.54. The molecule has 110 valence electrons. The van der Waals surface area contributed by atoms with E-state index >= 15 is 0 Å². The van der Waals surface area contributed by atoms with Gasteiger partial charge in [-0.15, -0.1) is 22.7 Å². The summed E-state index contributed by atoms with van der Waals surface area (Å²) < 4.78 is 0. The van der Waals surface area contributed by atoms with Gasteiger partial charge in [-0.2, -0.15) is 4.98 Å². The predicted octanol–water partition coefficient (Wildman–Crippen LogP) is 4.58. The molecule has 3 aromatic heterocycles. The number of nitrogens with one attached hydrogen (secondary N) is 2. The Labute approximate surface area is 132 Å². The van der Waals surface area contributed by atoms with Crippen molar-refractivity contribution in [3.63, 3.8) is 0 Å². The van der Waals surface area contributed by atoms with E-state index in [2.05, 4.69) is 58.9 Å². The van der Waals surface area contributed by atoms with Crippen molar-refractivity contribution in [2.45, 2.75) is 26.8 Å². The molecule has 3 aromatic rings. The van der Waals surface area contributed by atoms with Crippen LogP contribution in [0.2, 0.25) is 0 Å². The van der Waals surface area contributed by atoms with Gasteiger partial charge in [-0.3, -0.25) is 0 Å². The maximum Gasteiger partial charge on any atom is 0.225 e. The highest BCUT2D eigenvalue weighted by molar-refractivity contribution is 7.16. The van der Waals surface area contributed by atoms with Crippen molar-refractivity contribution < 1.29 is 0 Å². The lowest BCUT2D eigenvalue weighted by Crippen LogP contribution is -2.09. The maximum absolute atomic E-state index is 4.57. The third-order valence-electron chi connectivity index (χ3n) is 3.45. The number of aryl methyl sites for hydroxylation is 2. The van der Waals surface area contributed by atoms with Gasteiger partial charge < -0.3 is 10.6 Å². The molecule has 0 spiro atoms. The summed E-state index contributed by atoms with van der Waals surface area (Å²) in [5.41, 5.74) is 1.34. The van der Waals surface area contributed by atoms with Gasteiger partial charge in [-0.25, -0.2) is 4.98 Å². The molecule has 3 rings (SSSR count). The predicted molar refractivity (Wildman–Crippen MR) is 92.8 cm³/mol. The van der Waals surface area contributed by atoms with E-state index in [0.29, 0.717) is 5.95 Å². The molecule has 21 heavy (non-hydrogen) atoms. The van der Waals surface area contributed by atoms with Crippen molar-refractivity contribution in [1.82, 2.24) is 9.97 Å². The van der Waals surface area contributed by atoms with E-state index in [1.165, 1.54) is 15.3 Å². The van der Waals surface area contributed by atoms with Crippen LogP contribution in [0, 0.1) is 13.8 Å². The Hall–Kier alpha value is -1.66. The molecular formula is C15H18N4S2. The molecule has 2 N–H and O–H groups in total. The first kappa shape index (κ1) is 14.3. The summed E-state index contributed by atoms with van der Waals surface area (Å²) >= 11 is 3.47. The summed E-state index contributed by atoms with van der Waals surface area (Å²) in [6.07, 6.45) is 0. The minimum Gasteiger partial charge on any atom is -0.363 e. The van der Waals surface area contributed by atoms with Gasteiger partial charge in [0.05, 0.1) is 11.4 Å². The molecule has 4 nitrogen and oxygen atoms in total. The van der Waals surface area contributed by atoms with Gasteiger partial charge in [0, 0.05) is 16.8 Å². The van der Waals surface area contributed by atoms with Crippen LogP contribution in [0.3, 0.4) is 0 Å². The molecule has 1 atom stereocenters. The van der Waals surface area contributed by atoms with Crippen LogP contribution in [0.1, 0.15) is 28.3 Å². The van der Waals surface area contributed by atoms with E-state index in [0.717, 1.165) is 16.0 Å². The lowest BCUT2D eigenvalue weighted by atomic mass is 10.1. The van der Waals surface area contributed by atoms with Crippen LogP contribution in [0.5, 0.6) is 0 Å². The molecule has 3 heterocycles. The zero-order chi connectivity index (χ0) is 15.0. The second-order valence-electron chi connectivity index (χ2n) is 5.02. The van der Waals surface area contributed by atoms with Crippen LogP contribution in [0.15, 0.2) is 17.5 Å². The van der Waals surface area contributed by atoms with E-state index in [4.69, 9.17) is 0 Å². The van der Waals surface area contributed by atoms with Crippen LogP contribution in [-0.2, 0) is 0 Å². The molecule has 0 amide bonds. The van der Waals surface area contributed by atoms with Crippen LogP contribution in [0.25, 0.3) is 10.2 Å². The molecule has 0 aliphatic rings. The number of anilines is 2. The maximum atomic E-state index is 4.57.